The Hall–Kier alpha value is -2.60. The number of hydrogen-bond acceptors (Lipinski definition) is 5. The van der Waals surface area contributed by atoms with Crippen LogP contribution < -0.4 is 10.6 Å². The summed E-state index contributed by atoms with van der Waals surface area (Å²) in [6.07, 6.45) is 3.66. The normalized spacial score (nSPS) is 10.2. The largest absolute Gasteiger partial charge is 0.465 e. The number of aromatic nitrogens is 1. The Morgan fingerprint density at radius 3 is 2.72 bits per heavy atom. The smallest absolute Gasteiger partial charge is 0.337 e. The molecule has 0 saturated heterocycles. The van der Waals surface area contributed by atoms with E-state index < -0.39 is 5.97 Å². The molecule has 0 bridgehead atoms. The number of rotatable bonds is 7. The van der Waals surface area contributed by atoms with Crippen molar-refractivity contribution in [3.8, 4) is 0 Å². The fraction of sp³-hybridized carbons (Fsp3) is 0.278. The van der Waals surface area contributed by atoms with Crippen molar-refractivity contribution in [1.29, 1.82) is 0 Å². The second-order valence-corrected chi connectivity index (χ2v) is 5.76. The van der Waals surface area contributed by atoms with Gasteiger partial charge in [0, 0.05) is 18.3 Å². The van der Waals surface area contributed by atoms with Gasteiger partial charge >= 0.3 is 5.97 Å². The number of methoxy groups -OCH3 is 1. The molecule has 0 fully saturated rings. The van der Waals surface area contributed by atoms with Gasteiger partial charge in [0.25, 0.3) is 5.91 Å². The molecule has 0 atom stereocenters. The first-order chi connectivity index (χ1) is 12.0. The highest BCUT2D eigenvalue weighted by molar-refractivity contribution is 6.34. The quantitative estimate of drug-likeness (QED) is 0.575. The average molecular weight is 362 g/mol. The number of carbonyl (C=O) groups is 2. The minimum Gasteiger partial charge on any atom is -0.465 e. The van der Waals surface area contributed by atoms with Crippen molar-refractivity contribution in [2.45, 2.75) is 19.8 Å². The maximum Gasteiger partial charge on any atom is 0.337 e. The topological polar surface area (TPSA) is 80.3 Å². The highest BCUT2D eigenvalue weighted by Crippen LogP contribution is 2.24. The first kappa shape index (κ1) is 18.7. The Morgan fingerprint density at radius 1 is 1.20 bits per heavy atom. The van der Waals surface area contributed by atoms with Crippen LogP contribution >= 0.6 is 11.6 Å². The number of esters is 1. The first-order valence-corrected chi connectivity index (χ1v) is 8.32. The molecule has 0 aliphatic heterocycles. The molecular weight excluding hydrogens is 342 g/mol. The summed E-state index contributed by atoms with van der Waals surface area (Å²) in [4.78, 5) is 28.3. The van der Waals surface area contributed by atoms with Crippen molar-refractivity contribution in [2.75, 3.05) is 24.3 Å². The van der Waals surface area contributed by atoms with E-state index >= 15 is 0 Å². The lowest BCUT2D eigenvalue weighted by molar-refractivity contribution is 0.0600. The number of carbonyl (C=O) groups excluding carboxylic acids is 2. The molecule has 0 aliphatic rings. The van der Waals surface area contributed by atoms with Gasteiger partial charge in [-0.3, -0.25) is 4.79 Å². The Bertz CT molecular complexity index is 765. The maximum absolute atomic E-state index is 12.5. The van der Waals surface area contributed by atoms with Crippen molar-refractivity contribution < 1.29 is 14.3 Å². The average Bonchev–Trinajstić information content (AvgIpc) is 2.63. The molecule has 2 N–H and O–H groups in total. The number of benzene rings is 1. The highest BCUT2D eigenvalue weighted by atomic mass is 35.5. The van der Waals surface area contributed by atoms with Crippen LogP contribution in [0.25, 0.3) is 0 Å². The van der Waals surface area contributed by atoms with Gasteiger partial charge in [-0.25, -0.2) is 9.78 Å². The van der Waals surface area contributed by atoms with Crippen molar-refractivity contribution >= 4 is 35.0 Å². The first-order valence-electron chi connectivity index (χ1n) is 7.94. The molecule has 0 spiro atoms. The highest BCUT2D eigenvalue weighted by Gasteiger charge is 2.13. The van der Waals surface area contributed by atoms with E-state index in [1.165, 1.54) is 25.3 Å². The summed E-state index contributed by atoms with van der Waals surface area (Å²) in [6.45, 7) is 2.90. The molecule has 25 heavy (non-hydrogen) atoms. The molecule has 2 rings (SSSR count). The summed E-state index contributed by atoms with van der Waals surface area (Å²) in [5.74, 6) is -0.209. The minimum absolute atomic E-state index is 0.304. The number of nitrogens with one attached hydrogen (secondary N) is 2. The number of ether oxygens (including phenoxy) is 1. The molecule has 2 aromatic rings. The van der Waals surface area contributed by atoms with Gasteiger partial charge in [0.15, 0.2) is 0 Å². The van der Waals surface area contributed by atoms with E-state index in [2.05, 4.69) is 27.3 Å². The number of amides is 1. The van der Waals surface area contributed by atoms with Crippen molar-refractivity contribution in [2.24, 2.45) is 0 Å². The van der Waals surface area contributed by atoms with Gasteiger partial charge in [0.1, 0.15) is 5.82 Å². The van der Waals surface area contributed by atoms with E-state index in [0.29, 0.717) is 27.7 Å². The number of pyridine rings is 1. The van der Waals surface area contributed by atoms with Crippen molar-refractivity contribution in [3.05, 3.63) is 52.7 Å². The van der Waals surface area contributed by atoms with Crippen LogP contribution in [-0.4, -0.2) is 30.5 Å². The van der Waals surface area contributed by atoms with Gasteiger partial charge in [0.2, 0.25) is 0 Å². The van der Waals surface area contributed by atoms with Crippen LogP contribution in [0.1, 0.15) is 40.5 Å². The van der Waals surface area contributed by atoms with Crippen LogP contribution in [0.4, 0.5) is 11.5 Å². The van der Waals surface area contributed by atoms with Gasteiger partial charge in [-0.1, -0.05) is 24.9 Å². The Balaban J connectivity index is 2.14. The number of hydrogen-bond donors (Lipinski definition) is 2. The van der Waals surface area contributed by atoms with E-state index in [9.17, 15) is 9.59 Å². The zero-order valence-electron chi connectivity index (χ0n) is 14.1. The van der Waals surface area contributed by atoms with Crippen molar-refractivity contribution in [3.63, 3.8) is 0 Å². The zero-order chi connectivity index (χ0) is 18.2. The number of anilines is 2. The van der Waals surface area contributed by atoms with E-state index in [-0.39, 0.29) is 5.91 Å². The molecule has 1 aromatic carbocycles. The van der Waals surface area contributed by atoms with E-state index in [4.69, 9.17) is 11.6 Å². The van der Waals surface area contributed by atoms with Crippen LogP contribution in [-0.2, 0) is 4.74 Å². The van der Waals surface area contributed by atoms with Crippen molar-refractivity contribution in [1.82, 2.24) is 4.98 Å². The molecule has 7 heteroatoms. The van der Waals surface area contributed by atoms with Gasteiger partial charge in [-0.2, -0.15) is 0 Å². The second-order valence-electron chi connectivity index (χ2n) is 5.35. The van der Waals surface area contributed by atoms with Gasteiger partial charge < -0.3 is 15.4 Å². The van der Waals surface area contributed by atoms with E-state index in [1.54, 1.807) is 18.3 Å². The third-order valence-corrected chi connectivity index (χ3v) is 3.82. The Morgan fingerprint density at radius 2 is 2.00 bits per heavy atom. The molecule has 0 radical (unpaired) electrons. The lowest BCUT2D eigenvalue weighted by atomic mass is 10.2. The number of nitrogens with zero attached hydrogens (tertiary/aromatic N) is 1. The number of halogens is 1. The molecular formula is C18H20ClN3O3. The molecule has 132 valence electrons. The van der Waals surface area contributed by atoms with Crippen LogP contribution in [0.15, 0.2) is 36.5 Å². The molecule has 6 nitrogen and oxygen atoms in total. The fourth-order valence-corrected chi connectivity index (χ4v) is 2.29. The predicted octanol–water partition coefficient (Wildman–Crippen LogP) is 3.99. The van der Waals surface area contributed by atoms with E-state index in [1.807, 2.05) is 0 Å². The van der Waals surface area contributed by atoms with Gasteiger partial charge in [-0.15, -0.1) is 0 Å². The Labute approximate surface area is 151 Å². The third-order valence-electron chi connectivity index (χ3n) is 3.49. The monoisotopic (exact) mass is 361 g/mol. The summed E-state index contributed by atoms with van der Waals surface area (Å²) in [5, 5.41) is 6.21. The van der Waals surface area contributed by atoms with Crippen LogP contribution in [0.3, 0.4) is 0 Å². The van der Waals surface area contributed by atoms with Crippen LogP contribution in [0, 0.1) is 0 Å². The summed E-state index contributed by atoms with van der Waals surface area (Å²) < 4.78 is 4.67. The standard InChI is InChI=1S/C18H20ClN3O3/c1-3-4-8-20-16-11-12(7-9-21-16)17(23)22-15-10-13(18(24)25-2)5-6-14(15)19/h5-7,9-11H,3-4,8H2,1-2H3,(H,20,21)(H,22,23). The SMILES string of the molecule is CCCCNc1cc(C(=O)Nc2cc(C(=O)OC)ccc2Cl)ccn1. The molecule has 0 aliphatic carbocycles. The van der Waals surface area contributed by atoms with Gasteiger partial charge in [0.05, 0.1) is 23.4 Å². The van der Waals surface area contributed by atoms with Crippen LogP contribution in [0.5, 0.6) is 0 Å². The van der Waals surface area contributed by atoms with Gasteiger partial charge in [-0.05, 0) is 36.8 Å². The molecule has 0 saturated carbocycles. The van der Waals surface area contributed by atoms with E-state index in [0.717, 1.165) is 19.4 Å². The molecule has 0 unspecified atom stereocenters. The molecule has 1 amide bonds. The summed E-state index contributed by atoms with van der Waals surface area (Å²) in [6, 6.07) is 7.83. The summed E-state index contributed by atoms with van der Waals surface area (Å²) in [7, 11) is 1.29. The van der Waals surface area contributed by atoms with Crippen LogP contribution in [0.2, 0.25) is 5.02 Å². The maximum atomic E-state index is 12.5. The summed E-state index contributed by atoms with van der Waals surface area (Å²) >= 11 is 6.10. The summed E-state index contributed by atoms with van der Waals surface area (Å²) in [5.41, 5.74) is 1.08. The molecule has 1 heterocycles. The lowest BCUT2D eigenvalue weighted by Crippen LogP contribution is -2.14. The Kier molecular flexibility index (Phi) is 6.77. The molecule has 1 aromatic heterocycles. The third kappa shape index (κ3) is 5.19. The predicted molar refractivity (Wildman–Crippen MR) is 98.4 cm³/mol. The zero-order valence-corrected chi connectivity index (χ0v) is 14.9. The second kappa shape index (κ2) is 9.03. The number of unbranched alkanes of at least 4 members (excludes halogenated alkanes) is 1. The lowest BCUT2D eigenvalue weighted by Gasteiger charge is -2.10. The fourth-order valence-electron chi connectivity index (χ4n) is 2.12. The minimum atomic E-state index is -0.501.